The van der Waals surface area contributed by atoms with Crippen molar-refractivity contribution in [1.82, 2.24) is 5.32 Å². The Bertz CT molecular complexity index is 543. The topological polar surface area (TPSA) is 64.6 Å². The summed E-state index contributed by atoms with van der Waals surface area (Å²) in [5.74, 6) is 1.83. The zero-order valence-electron chi connectivity index (χ0n) is 11.1. The molecule has 0 heterocycles. The van der Waals surface area contributed by atoms with Gasteiger partial charge in [-0.1, -0.05) is 24.1 Å². The summed E-state index contributed by atoms with van der Waals surface area (Å²) >= 11 is 0. The van der Waals surface area contributed by atoms with Crippen molar-refractivity contribution in [3.63, 3.8) is 0 Å². The van der Waals surface area contributed by atoms with E-state index in [1.165, 1.54) is 6.08 Å². The molecule has 1 rings (SSSR count). The van der Waals surface area contributed by atoms with Crippen molar-refractivity contribution >= 4 is 18.0 Å². The van der Waals surface area contributed by atoms with E-state index in [-0.39, 0.29) is 13.2 Å². The molecule has 0 aromatic heterocycles. The molecule has 0 atom stereocenters. The van der Waals surface area contributed by atoms with Gasteiger partial charge in [0.15, 0.2) is 6.61 Å². The number of rotatable bonds is 6. The van der Waals surface area contributed by atoms with Gasteiger partial charge in [0.05, 0.1) is 13.7 Å². The average molecular weight is 273 g/mol. The van der Waals surface area contributed by atoms with Crippen LogP contribution in [0.25, 0.3) is 6.08 Å². The number of amides is 1. The van der Waals surface area contributed by atoms with E-state index >= 15 is 0 Å². The van der Waals surface area contributed by atoms with Crippen LogP contribution in [0.5, 0.6) is 5.75 Å². The van der Waals surface area contributed by atoms with E-state index in [0.717, 1.165) is 5.56 Å². The number of carbonyl (C=O) groups is 2. The van der Waals surface area contributed by atoms with E-state index in [9.17, 15) is 9.59 Å². The molecule has 0 bridgehead atoms. The van der Waals surface area contributed by atoms with Crippen LogP contribution in [0.2, 0.25) is 0 Å². The summed E-state index contributed by atoms with van der Waals surface area (Å²) in [6, 6.07) is 7.21. The van der Waals surface area contributed by atoms with Crippen molar-refractivity contribution in [2.75, 3.05) is 20.3 Å². The van der Waals surface area contributed by atoms with Gasteiger partial charge < -0.3 is 14.8 Å². The van der Waals surface area contributed by atoms with E-state index < -0.39 is 11.9 Å². The normalized spacial score (nSPS) is 9.80. The van der Waals surface area contributed by atoms with Crippen molar-refractivity contribution in [2.24, 2.45) is 0 Å². The van der Waals surface area contributed by atoms with Crippen molar-refractivity contribution in [1.29, 1.82) is 0 Å². The summed E-state index contributed by atoms with van der Waals surface area (Å²) < 4.78 is 9.88. The van der Waals surface area contributed by atoms with Gasteiger partial charge in [-0.15, -0.1) is 6.42 Å². The lowest BCUT2D eigenvalue weighted by atomic mass is 10.2. The number of para-hydroxylation sites is 1. The number of carbonyl (C=O) groups excluding carboxylic acids is 2. The van der Waals surface area contributed by atoms with E-state index in [4.69, 9.17) is 15.9 Å². The maximum atomic E-state index is 11.4. The third-order valence-electron chi connectivity index (χ3n) is 2.27. The molecule has 1 N–H and O–H groups in total. The molecule has 0 aliphatic heterocycles. The Hall–Kier alpha value is -2.74. The summed E-state index contributed by atoms with van der Waals surface area (Å²) in [6.07, 6.45) is 7.76. The number of ether oxygens (including phenoxy) is 2. The minimum atomic E-state index is -0.619. The molecule has 0 spiro atoms. The molecule has 0 radical (unpaired) electrons. The van der Waals surface area contributed by atoms with Crippen LogP contribution in [0.15, 0.2) is 30.3 Å². The highest BCUT2D eigenvalue weighted by Crippen LogP contribution is 2.18. The molecular formula is C15H15NO4. The van der Waals surface area contributed by atoms with E-state index in [1.807, 2.05) is 12.1 Å². The zero-order chi connectivity index (χ0) is 14.8. The van der Waals surface area contributed by atoms with Gasteiger partial charge in [0.25, 0.3) is 5.91 Å². The molecule has 0 saturated heterocycles. The number of terminal acetylenes is 1. The van der Waals surface area contributed by atoms with E-state index in [0.29, 0.717) is 5.75 Å². The number of nitrogens with one attached hydrogen (secondary N) is 1. The standard InChI is InChI=1S/C15H15NO4/c1-3-10-16-14(17)11-20-15(18)9-8-12-6-4-5-7-13(12)19-2/h1,4-9H,10-11H2,2H3,(H,16,17)/b9-8+. The molecule has 104 valence electrons. The Morgan fingerprint density at radius 2 is 2.15 bits per heavy atom. The molecule has 0 aliphatic rings. The first-order chi connectivity index (χ1) is 9.67. The van der Waals surface area contributed by atoms with Gasteiger partial charge in [-0.2, -0.15) is 0 Å². The second-order valence-electron chi connectivity index (χ2n) is 3.66. The van der Waals surface area contributed by atoms with Gasteiger partial charge in [-0.05, 0) is 12.1 Å². The summed E-state index contributed by atoms with van der Waals surface area (Å²) in [5, 5.41) is 2.38. The highest BCUT2D eigenvalue weighted by Gasteiger charge is 2.04. The fourth-order valence-corrected chi connectivity index (χ4v) is 1.35. The van der Waals surface area contributed by atoms with Crippen LogP contribution in [-0.4, -0.2) is 32.1 Å². The molecule has 5 heteroatoms. The van der Waals surface area contributed by atoms with Gasteiger partial charge in [0.1, 0.15) is 5.75 Å². The highest BCUT2D eigenvalue weighted by atomic mass is 16.5. The second-order valence-corrected chi connectivity index (χ2v) is 3.66. The molecule has 0 aliphatic carbocycles. The molecule has 0 unspecified atom stereocenters. The minimum Gasteiger partial charge on any atom is -0.496 e. The molecule has 0 fully saturated rings. The van der Waals surface area contributed by atoms with Gasteiger partial charge >= 0.3 is 5.97 Å². The number of hydrogen-bond donors (Lipinski definition) is 1. The Kier molecular flexibility index (Phi) is 6.42. The molecule has 5 nitrogen and oxygen atoms in total. The van der Waals surface area contributed by atoms with Crippen molar-refractivity contribution in [2.45, 2.75) is 0 Å². The van der Waals surface area contributed by atoms with Crippen LogP contribution in [0.3, 0.4) is 0 Å². The Morgan fingerprint density at radius 3 is 2.85 bits per heavy atom. The summed E-state index contributed by atoms with van der Waals surface area (Å²) in [7, 11) is 1.54. The van der Waals surface area contributed by atoms with Gasteiger partial charge in [-0.25, -0.2) is 4.79 Å². The third-order valence-corrected chi connectivity index (χ3v) is 2.27. The second kappa shape index (κ2) is 8.38. The molecule has 1 aromatic rings. The van der Waals surface area contributed by atoms with Gasteiger partial charge in [0.2, 0.25) is 0 Å². The summed E-state index contributed by atoms with van der Waals surface area (Å²) in [4.78, 5) is 22.6. The van der Waals surface area contributed by atoms with Crippen molar-refractivity contribution in [3.05, 3.63) is 35.9 Å². The first-order valence-corrected chi connectivity index (χ1v) is 5.85. The summed E-state index contributed by atoms with van der Waals surface area (Å²) in [6.45, 7) is -0.260. The molecule has 20 heavy (non-hydrogen) atoms. The van der Waals surface area contributed by atoms with Crippen LogP contribution < -0.4 is 10.1 Å². The summed E-state index contributed by atoms with van der Waals surface area (Å²) in [5.41, 5.74) is 0.740. The lowest BCUT2D eigenvalue weighted by Gasteiger charge is -2.04. The minimum absolute atomic E-state index is 0.105. The molecular weight excluding hydrogens is 258 g/mol. The van der Waals surface area contributed by atoms with Crippen molar-refractivity contribution in [3.8, 4) is 18.1 Å². The number of methoxy groups -OCH3 is 1. The van der Waals surface area contributed by atoms with Crippen molar-refractivity contribution < 1.29 is 19.1 Å². The quantitative estimate of drug-likeness (QED) is 0.477. The van der Waals surface area contributed by atoms with E-state index in [2.05, 4.69) is 11.2 Å². The maximum absolute atomic E-state index is 11.4. The van der Waals surface area contributed by atoms with Crippen LogP contribution in [0.1, 0.15) is 5.56 Å². The monoisotopic (exact) mass is 273 g/mol. The fourth-order valence-electron chi connectivity index (χ4n) is 1.35. The fraction of sp³-hybridized carbons (Fsp3) is 0.200. The zero-order valence-corrected chi connectivity index (χ0v) is 11.1. The first kappa shape index (κ1) is 15.3. The predicted octanol–water partition coefficient (Wildman–Crippen LogP) is 1.00. The third kappa shape index (κ3) is 5.27. The number of esters is 1. The van der Waals surface area contributed by atoms with E-state index in [1.54, 1.807) is 25.3 Å². The average Bonchev–Trinajstić information content (AvgIpc) is 2.48. The lowest BCUT2D eigenvalue weighted by Crippen LogP contribution is -2.28. The smallest absolute Gasteiger partial charge is 0.331 e. The van der Waals surface area contributed by atoms with Crippen LogP contribution in [0.4, 0.5) is 0 Å². The Balaban J connectivity index is 2.48. The Morgan fingerprint density at radius 1 is 1.40 bits per heavy atom. The van der Waals surface area contributed by atoms with Crippen LogP contribution >= 0.6 is 0 Å². The number of hydrogen-bond acceptors (Lipinski definition) is 4. The molecule has 1 aromatic carbocycles. The van der Waals surface area contributed by atoms with Gasteiger partial charge in [0, 0.05) is 11.6 Å². The number of benzene rings is 1. The highest BCUT2D eigenvalue weighted by molar-refractivity contribution is 5.89. The van der Waals surface area contributed by atoms with Crippen LogP contribution in [0, 0.1) is 12.3 Å². The molecule has 0 saturated carbocycles. The Labute approximate surface area is 117 Å². The lowest BCUT2D eigenvalue weighted by molar-refractivity contribution is -0.143. The maximum Gasteiger partial charge on any atom is 0.331 e. The SMILES string of the molecule is C#CCNC(=O)COC(=O)/C=C/c1ccccc1OC. The predicted molar refractivity (Wildman–Crippen MR) is 74.8 cm³/mol. The largest absolute Gasteiger partial charge is 0.496 e. The van der Waals surface area contributed by atoms with Crippen LogP contribution in [-0.2, 0) is 14.3 Å². The molecule has 1 amide bonds. The van der Waals surface area contributed by atoms with Gasteiger partial charge in [-0.3, -0.25) is 4.79 Å². The first-order valence-electron chi connectivity index (χ1n) is 5.85.